The fraction of sp³-hybridized carbons (Fsp3) is 0.568. The Morgan fingerprint density at radius 2 is 1.78 bits per heavy atom. The molecule has 0 radical (unpaired) electrons. The van der Waals surface area contributed by atoms with Gasteiger partial charge in [0.2, 0.25) is 5.13 Å². The van der Waals surface area contributed by atoms with E-state index in [1.54, 1.807) is 38.6 Å². The number of allylic oxidation sites excluding steroid dienone is 1. The molecule has 0 spiro atoms. The highest BCUT2D eigenvalue weighted by Crippen LogP contribution is 2.42. The number of aromatic nitrogens is 4. The van der Waals surface area contributed by atoms with Gasteiger partial charge in [0.25, 0.3) is 0 Å². The van der Waals surface area contributed by atoms with Crippen molar-refractivity contribution in [1.82, 2.24) is 19.7 Å². The number of benzene rings is 1. The van der Waals surface area contributed by atoms with Crippen molar-refractivity contribution in [2.75, 3.05) is 32.2 Å². The standard InChI is InChI=1S/C37H49N7O4S/c1-8-12-14-24-18-23(5)19-25(15-13-9-2)32(24)48-36(45)31-28(21-38)34(41-37-39-22-30(49-37)43(10-3)11-4)44-35(31)40-33(42-44)27-20-26(46-6)16-17-29(27)47-7/h16-17,20,22-25,32H,8-15,18-19H2,1-7H3/b41-34+. The van der Waals surface area contributed by atoms with E-state index in [0.717, 1.165) is 69.5 Å². The summed E-state index contributed by atoms with van der Waals surface area (Å²) in [6, 6.07) is 7.61. The third-order valence-corrected chi connectivity index (χ3v) is 10.6. The average Bonchev–Trinajstić information content (AvgIpc) is 3.82. The largest absolute Gasteiger partial charge is 0.497 e. The number of unbranched alkanes of at least 4 members (excludes halogenated alkanes) is 2. The predicted molar refractivity (Wildman–Crippen MR) is 194 cm³/mol. The summed E-state index contributed by atoms with van der Waals surface area (Å²) < 4.78 is 19.1. The first-order valence-corrected chi connectivity index (χ1v) is 18.5. The molecule has 1 aliphatic heterocycles. The molecule has 3 heterocycles. The molecule has 11 nitrogen and oxygen atoms in total. The molecule has 2 aromatic heterocycles. The van der Waals surface area contributed by atoms with E-state index >= 15 is 0 Å². The van der Waals surface area contributed by atoms with E-state index in [9.17, 15) is 10.1 Å². The van der Waals surface area contributed by atoms with E-state index in [0.29, 0.717) is 33.9 Å². The fourth-order valence-electron chi connectivity index (χ4n) is 7.19. The van der Waals surface area contributed by atoms with Crippen molar-refractivity contribution in [3.63, 3.8) is 0 Å². The first kappa shape index (κ1) is 36.1. The van der Waals surface area contributed by atoms with E-state index in [1.807, 2.05) is 0 Å². The highest BCUT2D eigenvalue weighted by molar-refractivity contribution is 7.19. The Bertz CT molecular complexity index is 1700. The number of nitrogens with zero attached hydrogens (tertiary/aromatic N) is 7. The van der Waals surface area contributed by atoms with Crippen LogP contribution in [0.5, 0.6) is 11.5 Å². The van der Waals surface area contributed by atoms with Crippen LogP contribution in [-0.2, 0) is 9.53 Å². The number of carbonyl (C=O) groups excluding carboxylic acids is 1. The van der Waals surface area contributed by atoms with Gasteiger partial charge in [-0.3, -0.25) is 0 Å². The van der Waals surface area contributed by atoms with Crippen molar-refractivity contribution in [3.8, 4) is 29.0 Å². The van der Waals surface area contributed by atoms with E-state index in [2.05, 4.69) is 50.6 Å². The third-order valence-electron chi connectivity index (χ3n) is 9.67. The minimum absolute atomic E-state index is 0.0724. The van der Waals surface area contributed by atoms with Gasteiger partial charge in [0.15, 0.2) is 17.5 Å². The lowest BCUT2D eigenvalue weighted by Crippen LogP contribution is -2.40. The summed E-state index contributed by atoms with van der Waals surface area (Å²) in [7, 11) is 3.16. The van der Waals surface area contributed by atoms with Crippen LogP contribution < -0.4 is 14.4 Å². The Morgan fingerprint density at radius 3 is 2.37 bits per heavy atom. The Kier molecular flexibility index (Phi) is 12.1. The van der Waals surface area contributed by atoms with Crippen LogP contribution in [0.1, 0.15) is 91.8 Å². The van der Waals surface area contributed by atoms with Crippen LogP contribution in [0, 0.1) is 29.1 Å². The van der Waals surface area contributed by atoms with E-state index in [1.165, 1.54) is 16.0 Å². The van der Waals surface area contributed by atoms with Crippen LogP contribution in [0.3, 0.4) is 0 Å². The number of hydrogen-bond acceptors (Lipinski definition) is 11. The summed E-state index contributed by atoms with van der Waals surface area (Å²) >= 11 is 1.41. The van der Waals surface area contributed by atoms with Crippen molar-refractivity contribution in [2.45, 2.75) is 92.1 Å². The van der Waals surface area contributed by atoms with Crippen molar-refractivity contribution in [2.24, 2.45) is 22.7 Å². The molecule has 0 bridgehead atoms. The number of nitriles is 1. The van der Waals surface area contributed by atoms with Crippen LogP contribution in [0.15, 0.2) is 35.0 Å². The van der Waals surface area contributed by atoms with Crippen LogP contribution in [0.25, 0.3) is 17.0 Å². The number of rotatable bonds is 15. The molecule has 5 rings (SSSR count). The van der Waals surface area contributed by atoms with Gasteiger partial charge < -0.3 is 19.1 Å². The molecule has 1 aromatic carbocycles. The highest BCUT2D eigenvalue weighted by atomic mass is 32.1. The number of esters is 1. The molecule has 0 amide bonds. The number of hydrogen-bond donors (Lipinski definition) is 0. The molecule has 2 atom stereocenters. The lowest BCUT2D eigenvalue weighted by atomic mass is 9.70. The normalized spacial score (nSPS) is 21.1. The number of ether oxygens (including phenoxy) is 3. The van der Waals surface area contributed by atoms with Gasteiger partial charge in [-0.2, -0.15) is 14.9 Å². The first-order valence-electron chi connectivity index (χ1n) is 17.7. The zero-order valence-electron chi connectivity index (χ0n) is 29.9. The Morgan fingerprint density at radius 1 is 1.08 bits per heavy atom. The van der Waals surface area contributed by atoms with E-state index < -0.39 is 5.97 Å². The second-order valence-corrected chi connectivity index (χ2v) is 13.9. The minimum atomic E-state index is -0.565. The van der Waals surface area contributed by atoms with Gasteiger partial charge in [-0.1, -0.05) is 57.8 Å². The molecule has 2 unspecified atom stereocenters. The lowest BCUT2D eigenvalue weighted by Gasteiger charge is -2.41. The zero-order chi connectivity index (χ0) is 35.1. The van der Waals surface area contributed by atoms with Crippen LogP contribution in [0.2, 0.25) is 0 Å². The SMILES string of the molecule is CCCCC1CC(C)CC(CCCC)C1OC(=O)C1=C(C#N)/C(=N\c2ncc(N(CC)CC)s2)n2nc(-c3cc(OC)ccc3OC)nc21. The number of methoxy groups -OCH3 is 2. The molecular weight excluding hydrogens is 639 g/mol. The van der Waals surface area contributed by atoms with Crippen LogP contribution in [-0.4, -0.2) is 65.0 Å². The number of carbonyl (C=O) groups is 1. The molecule has 12 heteroatoms. The molecule has 49 heavy (non-hydrogen) atoms. The van der Waals surface area contributed by atoms with E-state index in [4.69, 9.17) is 29.3 Å². The van der Waals surface area contributed by atoms with E-state index in [-0.39, 0.29) is 40.7 Å². The van der Waals surface area contributed by atoms with Gasteiger partial charge in [-0.25, -0.2) is 14.8 Å². The maximum absolute atomic E-state index is 14.5. The number of anilines is 1. The highest BCUT2D eigenvalue weighted by Gasteiger charge is 2.42. The van der Waals surface area contributed by atoms with Crippen LogP contribution in [0.4, 0.5) is 10.1 Å². The number of thiazole rings is 1. The zero-order valence-corrected chi connectivity index (χ0v) is 30.7. The molecule has 1 fully saturated rings. The number of fused-ring (bicyclic) bond motifs is 1. The lowest BCUT2D eigenvalue weighted by molar-refractivity contribution is -0.152. The molecule has 1 saturated carbocycles. The summed E-state index contributed by atoms with van der Waals surface area (Å²) in [6.07, 6.45) is 9.93. The average molecular weight is 688 g/mol. The molecular formula is C37H49N7O4S. The minimum Gasteiger partial charge on any atom is -0.497 e. The summed E-state index contributed by atoms with van der Waals surface area (Å²) in [6.45, 7) is 12.5. The Balaban J connectivity index is 1.62. The molecule has 2 aliphatic rings. The van der Waals surface area contributed by atoms with Gasteiger partial charge in [-0.15, -0.1) is 5.10 Å². The first-order chi connectivity index (χ1) is 23.8. The Labute approximate surface area is 294 Å². The predicted octanol–water partition coefficient (Wildman–Crippen LogP) is 8.09. The van der Waals surface area contributed by atoms with Crippen molar-refractivity contribution in [3.05, 3.63) is 35.8 Å². The van der Waals surface area contributed by atoms with Crippen molar-refractivity contribution in [1.29, 1.82) is 5.26 Å². The fourth-order valence-corrected chi connectivity index (χ4v) is 8.11. The molecule has 1 aliphatic carbocycles. The van der Waals surface area contributed by atoms with Gasteiger partial charge >= 0.3 is 5.97 Å². The second-order valence-electron chi connectivity index (χ2n) is 12.9. The van der Waals surface area contributed by atoms with Crippen molar-refractivity contribution >= 4 is 38.8 Å². The Hall–Kier alpha value is -4.24. The van der Waals surface area contributed by atoms with Gasteiger partial charge in [-0.05, 0) is 75.5 Å². The summed E-state index contributed by atoms with van der Waals surface area (Å²) in [5.74, 6) is 2.37. The molecule has 3 aromatic rings. The topological polar surface area (TPSA) is 128 Å². The van der Waals surface area contributed by atoms with Gasteiger partial charge in [0.1, 0.15) is 39.8 Å². The molecule has 0 N–H and O–H groups in total. The van der Waals surface area contributed by atoms with Gasteiger partial charge in [0, 0.05) is 13.1 Å². The van der Waals surface area contributed by atoms with Crippen LogP contribution >= 0.6 is 11.3 Å². The molecule has 0 saturated heterocycles. The molecule has 262 valence electrons. The number of aliphatic imine (C=N–C) groups is 1. The second kappa shape index (κ2) is 16.4. The maximum atomic E-state index is 14.5. The maximum Gasteiger partial charge on any atom is 0.343 e. The summed E-state index contributed by atoms with van der Waals surface area (Å²) in [5.41, 5.74) is 0.723. The van der Waals surface area contributed by atoms with Gasteiger partial charge in [0.05, 0.1) is 26.0 Å². The van der Waals surface area contributed by atoms with Crippen molar-refractivity contribution < 1.29 is 19.0 Å². The smallest absolute Gasteiger partial charge is 0.343 e. The summed E-state index contributed by atoms with van der Waals surface area (Å²) in [4.78, 5) is 30.9. The quantitative estimate of drug-likeness (QED) is 0.146. The third kappa shape index (κ3) is 7.67. The summed E-state index contributed by atoms with van der Waals surface area (Å²) in [5, 5.41) is 16.8. The monoisotopic (exact) mass is 687 g/mol.